The average Bonchev–Trinajstić information content (AvgIpc) is 2.85. The van der Waals surface area contributed by atoms with E-state index < -0.39 is 53.3 Å². The van der Waals surface area contributed by atoms with Crippen LogP contribution in [0.1, 0.15) is 5.69 Å². The van der Waals surface area contributed by atoms with E-state index in [-0.39, 0.29) is 0 Å². The molecule has 24 heavy (non-hydrogen) atoms. The third-order valence-corrected chi connectivity index (χ3v) is 4.87. The maximum atomic E-state index is 12.8. The summed E-state index contributed by atoms with van der Waals surface area (Å²) < 4.78 is 98.8. The molecule has 0 unspecified atom stereocenters. The minimum absolute atomic E-state index is 0.374. The molecule has 2 rings (SSSR count). The van der Waals surface area contributed by atoms with Crippen molar-refractivity contribution in [2.75, 3.05) is 0 Å². The second-order valence-electron chi connectivity index (χ2n) is 4.36. The smallest absolute Gasteiger partial charge is 0.284 e. The predicted molar refractivity (Wildman–Crippen MR) is 72.3 cm³/mol. The Morgan fingerprint density at radius 1 is 1.00 bits per heavy atom. The lowest BCUT2D eigenvalue weighted by Gasteiger charge is -2.13. The van der Waals surface area contributed by atoms with Gasteiger partial charge in [-0.25, -0.2) is 8.42 Å². The van der Waals surface area contributed by atoms with Crippen LogP contribution >= 0.6 is 23.2 Å². The van der Waals surface area contributed by atoms with Crippen molar-refractivity contribution in [1.29, 1.82) is 0 Å². The summed E-state index contributed by atoms with van der Waals surface area (Å²) in [4.78, 5) is -1.29. The molecule has 0 saturated carbocycles. The van der Waals surface area contributed by atoms with Gasteiger partial charge in [0.2, 0.25) is 0 Å². The summed E-state index contributed by atoms with van der Waals surface area (Å²) in [6, 6.07) is 0.748. The van der Waals surface area contributed by atoms with Crippen molar-refractivity contribution >= 4 is 33.0 Å². The molecule has 0 amide bonds. The number of halogens is 8. The van der Waals surface area contributed by atoms with Gasteiger partial charge in [-0.15, -0.1) is 0 Å². The summed E-state index contributed by atoms with van der Waals surface area (Å²) in [6.45, 7) is 0. The normalized spacial score (nSPS) is 13.3. The van der Waals surface area contributed by atoms with Gasteiger partial charge >= 0.3 is 11.7 Å². The number of nitrogens with zero attached hydrogens (tertiary/aromatic N) is 1. The summed E-state index contributed by atoms with van der Waals surface area (Å²) in [6.07, 6.45) is -4.10. The summed E-state index contributed by atoms with van der Waals surface area (Å²) in [5, 5.41) is 3.51. The second kappa shape index (κ2) is 5.81. The number of aromatic amines is 1. The number of rotatable bonds is 2. The van der Waals surface area contributed by atoms with Crippen LogP contribution < -0.4 is 0 Å². The van der Waals surface area contributed by atoms with Crippen molar-refractivity contribution in [2.45, 2.75) is 16.6 Å². The number of sulfone groups is 1. The lowest BCUT2D eigenvalue weighted by molar-refractivity contribution is -0.140. The van der Waals surface area contributed by atoms with Crippen LogP contribution in [0.25, 0.3) is 11.1 Å². The number of nitrogens with one attached hydrogen (secondary N) is 1. The SMILES string of the molecule is O=S(=O)(c1cc(Cl)c(-c2c[nH]nc2C(F)(F)F)c(Cl)c1)C(F)(F)F. The van der Waals surface area contributed by atoms with Crippen LogP contribution in [-0.2, 0) is 16.0 Å². The van der Waals surface area contributed by atoms with Crippen molar-refractivity contribution in [1.82, 2.24) is 10.2 Å². The molecule has 0 aliphatic carbocycles. The first-order valence-corrected chi connectivity index (χ1v) is 7.92. The number of alkyl halides is 6. The molecular weight excluding hydrogens is 409 g/mol. The zero-order valence-electron chi connectivity index (χ0n) is 10.9. The Morgan fingerprint density at radius 3 is 1.92 bits per heavy atom. The Balaban J connectivity index is 2.69. The quantitative estimate of drug-likeness (QED) is 0.727. The van der Waals surface area contributed by atoms with E-state index in [1.165, 1.54) is 0 Å². The molecule has 2 aromatic rings. The average molecular weight is 413 g/mol. The summed E-state index contributed by atoms with van der Waals surface area (Å²) in [5.41, 5.74) is -8.15. The molecule has 0 saturated heterocycles. The molecule has 0 atom stereocenters. The standard InChI is InChI=1S/C11H4Cl2F6N2O2S/c12-6-1-4(24(22,23)11(17,18)19)2-7(13)8(6)5-3-20-21-9(5)10(14,15)16/h1-3H,(H,20,21). The van der Waals surface area contributed by atoms with Crippen molar-refractivity contribution in [3.8, 4) is 11.1 Å². The van der Waals surface area contributed by atoms with Gasteiger partial charge in [-0.3, -0.25) is 5.10 Å². The molecule has 0 fully saturated rings. The number of aromatic nitrogens is 2. The van der Waals surface area contributed by atoms with Crippen molar-refractivity contribution in [2.24, 2.45) is 0 Å². The minimum atomic E-state index is -5.76. The molecule has 1 aromatic heterocycles. The van der Waals surface area contributed by atoms with E-state index in [9.17, 15) is 34.8 Å². The largest absolute Gasteiger partial charge is 0.501 e. The molecule has 1 N–H and O–H groups in total. The van der Waals surface area contributed by atoms with Gasteiger partial charge in [-0.1, -0.05) is 23.2 Å². The molecule has 0 bridgehead atoms. The maximum absolute atomic E-state index is 12.8. The van der Waals surface area contributed by atoms with Crippen molar-refractivity contribution in [3.05, 3.63) is 34.1 Å². The van der Waals surface area contributed by atoms with Gasteiger partial charge in [0, 0.05) is 17.3 Å². The highest BCUT2D eigenvalue weighted by atomic mass is 35.5. The van der Waals surface area contributed by atoms with E-state index in [0.717, 1.165) is 6.20 Å². The van der Waals surface area contributed by atoms with Gasteiger partial charge in [0.05, 0.1) is 14.9 Å². The Hall–Kier alpha value is -1.46. The van der Waals surface area contributed by atoms with E-state index in [2.05, 4.69) is 5.10 Å². The molecule has 13 heteroatoms. The van der Waals surface area contributed by atoms with Crippen LogP contribution in [0.3, 0.4) is 0 Å². The molecule has 0 spiro atoms. The Kier molecular flexibility index (Phi) is 4.57. The van der Waals surface area contributed by atoms with Crippen molar-refractivity contribution < 1.29 is 34.8 Å². The Labute approximate surface area is 140 Å². The van der Waals surface area contributed by atoms with Gasteiger partial charge in [0.25, 0.3) is 9.84 Å². The van der Waals surface area contributed by atoms with Crippen LogP contribution in [0.2, 0.25) is 10.0 Å². The Bertz CT molecular complexity index is 866. The second-order valence-corrected chi connectivity index (χ2v) is 7.11. The first kappa shape index (κ1) is 18.9. The van der Waals surface area contributed by atoms with E-state index in [4.69, 9.17) is 23.2 Å². The van der Waals surface area contributed by atoms with Gasteiger partial charge in [-0.05, 0) is 12.1 Å². The molecule has 1 aromatic carbocycles. The number of benzene rings is 1. The van der Waals surface area contributed by atoms with Gasteiger partial charge in [-0.2, -0.15) is 31.4 Å². The fourth-order valence-electron chi connectivity index (χ4n) is 1.79. The van der Waals surface area contributed by atoms with E-state index in [1.807, 2.05) is 5.10 Å². The van der Waals surface area contributed by atoms with Crippen LogP contribution in [-0.4, -0.2) is 24.1 Å². The third kappa shape index (κ3) is 3.20. The maximum Gasteiger partial charge on any atom is 0.501 e. The van der Waals surface area contributed by atoms with Gasteiger partial charge in [0.1, 0.15) is 0 Å². The highest BCUT2D eigenvalue weighted by molar-refractivity contribution is 7.92. The summed E-state index contributed by atoms with van der Waals surface area (Å²) in [7, 11) is -5.76. The van der Waals surface area contributed by atoms with Crippen LogP contribution in [0.5, 0.6) is 0 Å². The molecular formula is C11H4Cl2F6N2O2S. The van der Waals surface area contributed by atoms with Crippen LogP contribution in [0.4, 0.5) is 26.3 Å². The van der Waals surface area contributed by atoms with Gasteiger partial charge in [0.15, 0.2) is 5.69 Å². The zero-order valence-corrected chi connectivity index (χ0v) is 13.3. The molecule has 0 radical (unpaired) electrons. The van der Waals surface area contributed by atoms with Crippen LogP contribution in [0, 0.1) is 0 Å². The molecule has 4 nitrogen and oxygen atoms in total. The lowest BCUT2D eigenvalue weighted by Crippen LogP contribution is -2.23. The zero-order chi connectivity index (χ0) is 18.5. The van der Waals surface area contributed by atoms with Crippen molar-refractivity contribution in [3.63, 3.8) is 0 Å². The Morgan fingerprint density at radius 2 is 1.50 bits per heavy atom. The highest BCUT2D eigenvalue weighted by Crippen LogP contribution is 2.43. The molecule has 0 aliphatic heterocycles. The predicted octanol–water partition coefficient (Wildman–Crippen LogP) is 4.70. The summed E-state index contributed by atoms with van der Waals surface area (Å²) in [5.74, 6) is 0. The first-order valence-electron chi connectivity index (χ1n) is 5.68. The molecule has 0 aliphatic rings. The van der Waals surface area contributed by atoms with Crippen LogP contribution in [0.15, 0.2) is 23.2 Å². The number of H-pyrrole nitrogens is 1. The van der Waals surface area contributed by atoms with E-state index in [1.54, 1.807) is 0 Å². The first-order chi connectivity index (χ1) is 10.8. The number of hydrogen-bond acceptors (Lipinski definition) is 3. The minimum Gasteiger partial charge on any atom is -0.284 e. The summed E-state index contributed by atoms with van der Waals surface area (Å²) >= 11 is 11.4. The monoisotopic (exact) mass is 412 g/mol. The third-order valence-electron chi connectivity index (χ3n) is 2.81. The molecule has 132 valence electrons. The van der Waals surface area contributed by atoms with Gasteiger partial charge < -0.3 is 0 Å². The van der Waals surface area contributed by atoms with E-state index in [0.29, 0.717) is 12.1 Å². The number of hydrogen-bond donors (Lipinski definition) is 1. The topological polar surface area (TPSA) is 62.8 Å². The highest BCUT2D eigenvalue weighted by Gasteiger charge is 2.47. The molecule has 1 heterocycles. The fourth-order valence-corrected chi connectivity index (χ4v) is 3.43. The van der Waals surface area contributed by atoms with E-state index >= 15 is 0 Å². The lowest BCUT2D eigenvalue weighted by atomic mass is 10.1. The fraction of sp³-hybridized carbons (Fsp3) is 0.182.